The topological polar surface area (TPSA) is 101 Å². The smallest absolute Gasteiger partial charge is 0.237 e. The number of nitrogens with one attached hydrogen (secondary N) is 3. The van der Waals surface area contributed by atoms with Gasteiger partial charge in [0.2, 0.25) is 5.91 Å². The van der Waals surface area contributed by atoms with Crippen molar-refractivity contribution in [3.05, 3.63) is 29.9 Å². The molecule has 2 aromatic heterocycles. The normalized spacial score (nSPS) is 18.1. The molecule has 2 aromatic rings. The van der Waals surface area contributed by atoms with Gasteiger partial charge in [-0.3, -0.25) is 14.8 Å². The van der Waals surface area contributed by atoms with Crippen LogP contribution in [0, 0.1) is 0 Å². The van der Waals surface area contributed by atoms with Crippen molar-refractivity contribution in [2.45, 2.75) is 25.6 Å². The summed E-state index contributed by atoms with van der Waals surface area (Å²) < 4.78 is 1.61. The van der Waals surface area contributed by atoms with E-state index < -0.39 is 0 Å². The van der Waals surface area contributed by atoms with Crippen LogP contribution in [0.25, 0.3) is 0 Å². The Kier molecular flexibility index (Phi) is 3.00. The highest BCUT2D eigenvalue weighted by Gasteiger charge is 2.25. The number of amides is 1. The summed E-state index contributed by atoms with van der Waals surface area (Å²) in [5.74, 6) is 0.549. The van der Waals surface area contributed by atoms with Crippen LogP contribution in [0.3, 0.4) is 0 Å². The van der Waals surface area contributed by atoms with Gasteiger partial charge in [0, 0.05) is 20.0 Å². The van der Waals surface area contributed by atoms with Gasteiger partial charge in [0.05, 0.1) is 30.3 Å². The number of nitrogens with zero attached hydrogens (tertiary/aromatic N) is 4. The molecule has 3 rings (SSSR count). The highest BCUT2D eigenvalue weighted by atomic mass is 16.2. The SMILES string of the molecule is Cn1cnc(CNC(=O)C2Cc3nc[nH]c3CN2)n1. The number of hydrogen-bond acceptors (Lipinski definition) is 5. The van der Waals surface area contributed by atoms with Gasteiger partial charge in [0.15, 0.2) is 5.82 Å². The summed E-state index contributed by atoms with van der Waals surface area (Å²) in [5, 5.41) is 10.1. The molecule has 0 fully saturated rings. The maximum absolute atomic E-state index is 12.0. The molecule has 1 aliphatic heterocycles. The van der Waals surface area contributed by atoms with Crippen molar-refractivity contribution in [2.24, 2.45) is 7.05 Å². The van der Waals surface area contributed by atoms with Gasteiger partial charge in [0.1, 0.15) is 6.33 Å². The van der Waals surface area contributed by atoms with Crippen molar-refractivity contribution in [1.82, 2.24) is 35.4 Å². The van der Waals surface area contributed by atoms with Crippen LogP contribution >= 0.6 is 0 Å². The molecule has 3 N–H and O–H groups in total. The van der Waals surface area contributed by atoms with E-state index in [2.05, 4.69) is 30.7 Å². The van der Waals surface area contributed by atoms with Crippen LogP contribution in [0.4, 0.5) is 0 Å². The number of fused-ring (bicyclic) bond motifs is 1. The van der Waals surface area contributed by atoms with Gasteiger partial charge in [-0.25, -0.2) is 9.97 Å². The molecule has 0 radical (unpaired) electrons. The molecule has 0 aromatic carbocycles. The lowest BCUT2D eigenvalue weighted by molar-refractivity contribution is -0.123. The first-order valence-corrected chi connectivity index (χ1v) is 6.09. The summed E-state index contributed by atoms with van der Waals surface area (Å²) in [7, 11) is 1.79. The maximum Gasteiger partial charge on any atom is 0.237 e. The van der Waals surface area contributed by atoms with Crippen molar-refractivity contribution < 1.29 is 4.79 Å². The first kappa shape index (κ1) is 11.8. The molecular formula is C11H15N7O. The zero-order chi connectivity index (χ0) is 13.2. The molecule has 0 spiro atoms. The maximum atomic E-state index is 12.0. The Morgan fingerprint density at radius 1 is 1.58 bits per heavy atom. The highest BCUT2D eigenvalue weighted by Crippen LogP contribution is 2.12. The lowest BCUT2D eigenvalue weighted by Crippen LogP contribution is -2.47. The van der Waals surface area contributed by atoms with Gasteiger partial charge >= 0.3 is 0 Å². The average Bonchev–Trinajstić information content (AvgIpc) is 3.03. The summed E-state index contributed by atoms with van der Waals surface area (Å²) >= 11 is 0. The molecule has 8 heteroatoms. The Morgan fingerprint density at radius 2 is 2.47 bits per heavy atom. The molecule has 3 heterocycles. The number of H-pyrrole nitrogens is 1. The minimum atomic E-state index is -0.250. The number of aryl methyl sites for hydroxylation is 1. The number of imidazole rings is 1. The van der Waals surface area contributed by atoms with Crippen molar-refractivity contribution in [3.8, 4) is 0 Å². The van der Waals surface area contributed by atoms with Crippen LogP contribution in [0.1, 0.15) is 17.2 Å². The molecule has 1 amide bonds. The fourth-order valence-electron chi connectivity index (χ4n) is 2.11. The first-order chi connectivity index (χ1) is 9.22. The fourth-order valence-corrected chi connectivity index (χ4v) is 2.11. The monoisotopic (exact) mass is 261 g/mol. The summed E-state index contributed by atoms with van der Waals surface area (Å²) in [4.78, 5) is 23.4. The molecule has 0 aliphatic carbocycles. The van der Waals surface area contributed by atoms with Gasteiger partial charge in [-0.05, 0) is 0 Å². The third-order valence-electron chi connectivity index (χ3n) is 3.11. The van der Waals surface area contributed by atoms with Crippen LogP contribution in [-0.4, -0.2) is 36.7 Å². The molecular weight excluding hydrogens is 246 g/mol. The number of rotatable bonds is 3. The zero-order valence-electron chi connectivity index (χ0n) is 10.6. The molecule has 0 saturated carbocycles. The predicted molar refractivity (Wildman–Crippen MR) is 65.8 cm³/mol. The van der Waals surface area contributed by atoms with Crippen LogP contribution in [0.5, 0.6) is 0 Å². The van der Waals surface area contributed by atoms with Crippen molar-refractivity contribution in [2.75, 3.05) is 0 Å². The van der Waals surface area contributed by atoms with E-state index in [1.54, 1.807) is 24.4 Å². The number of carbonyl (C=O) groups excluding carboxylic acids is 1. The minimum Gasteiger partial charge on any atom is -0.347 e. The molecule has 100 valence electrons. The molecule has 1 atom stereocenters. The molecule has 8 nitrogen and oxygen atoms in total. The second kappa shape index (κ2) is 4.81. The van der Waals surface area contributed by atoms with Crippen LogP contribution in [0.2, 0.25) is 0 Å². The number of aromatic amines is 1. The molecule has 0 bridgehead atoms. The third-order valence-corrected chi connectivity index (χ3v) is 3.11. The molecule has 1 aliphatic rings. The number of aromatic nitrogens is 5. The largest absolute Gasteiger partial charge is 0.347 e. The summed E-state index contributed by atoms with van der Waals surface area (Å²) in [6.07, 6.45) is 3.86. The van der Waals surface area contributed by atoms with Gasteiger partial charge in [0.25, 0.3) is 0 Å². The quantitative estimate of drug-likeness (QED) is 0.649. The molecule has 0 saturated heterocycles. The van der Waals surface area contributed by atoms with E-state index in [9.17, 15) is 4.79 Å². The van der Waals surface area contributed by atoms with E-state index in [-0.39, 0.29) is 11.9 Å². The lowest BCUT2D eigenvalue weighted by atomic mass is 10.0. The summed E-state index contributed by atoms with van der Waals surface area (Å²) in [6, 6.07) is -0.250. The van der Waals surface area contributed by atoms with E-state index in [1.165, 1.54) is 0 Å². The van der Waals surface area contributed by atoms with Crippen molar-refractivity contribution in [1.29, 1.82) is 0 Å². The van der Waals surface area contributed by atoms with Gasteiger partial charge in [-0.2, -0.15) is 5.10 Å². The Labute approximate surface area is 109 Å². The van der Waals surface area contributed by atoms with E-state index in [0.717, 1.165) is 11.4 Å². The van der Waals surface area contributed by atoms with Crippen LogP contribution in [-0.2, 0) is 31.4 Å². The minimum absolute atomic E-state index is 0.0545. The average molecular weight is 261 g/mol. The predicted octanol–water partition coefficient (Wildman–Crippen LogP) is -1.13. The second-order valence-corrected chi connectivity index (χ2v) is 4.52. The van der Waals surface area contributed by atoms with Gasteiger partial charge < -0.3 is 10.3 Å². The third kappa shape index (κ3) is 2.48. The standard InChI is InChI=1S/C11H15N7O/c1-18-6-16-10(17-18)4-13-11(19)8-2-7-9(3-12-8)15-5-14-7/h5-6,8,12H,2-4H2,1H3,(H,13,19)(H,14,15). The van der Waals surface area contributed by atoms with Crippen molar-refractivity contribution in [3.63, 3.8) is 0 Å². The fraction of sp³-hybridized carbons (Fsp3) is 0.455. The van der Waals surface area contributed by atoms with E-state index >= 15 is 0 Å². The lowest BCUT2D eigenvalue weighted by Gasteiger charge is -2.21. The van der Waals surface area contributed by atoms with Crippen molar-refractivity contribution >= 4 is 5.91 Å². The highest BCUT2D eigenvalue weighted by molar-refractivity contribution is 5.82. The Bertz CT molecular complexity index is 587. The summed E-state index contributed by atoms with van der Waals surface area (Å²) in [5.41, 5.74) is 2.00. The van der Waals surface area contributed by atoms with E-state index in [4.69, 9.17) is 0 Å². The Balaban J connectivity index is 1.57. The van der Waals surface area contributed by atoms with Crippen LogP contribution in [0.15, 0.2) is 12.7 Å². The first-order valence-electron chi connectivity index (χ1n) is 6.09. The van der Waals surface area contributed by atoms with Crippen LogP contribution < -0.4 is 10.6 Å². The van der Waals surface area contributed by atoms with Gasteiger partial charge in [-0.15, -0.1) is 0 Å². The Morgan fingerprint density at radius 3 is 3.26 bits per heavy atom. The molecule has 19 heavy (non-hydrogen) atoms. The van der Waals surface area contributed by atoms with Gasteiger partial charge in [-0.1, -0.05) is 0 Å². The summed E-state index contributed by atoms with van der Waals surface area (Å²) in [6.45, 7) is 0.973. The van der Waals surface area contributed by atoms with E-state index in [1.807, 2.05) is 0 Å². The van der Waals surface area contributed by atoms with E-state index in [0.29, 0.717) is 25.3 Å². The zero-order valence-corrected chi connectivity index (χ0v) is 10.6. The number of hydrogen-bond donors (Lipinski definition) is 3. The second-order valence-electron chi connectivity index (χ2n) is 4.52. The molecule has 1 unspecified atom stereocenters. The number of carbonyl (C=O) groups is 1. The Hall–Kier alpha value is -2.22.